The first-order chi connectivity index (χ1) is 9.04. The minimum Gasteiger partial charge on any atom is -0.481 e. The van der Waals surface area contributed by atoms with Gasteiger partial charge in [0.05, 0.1) is 6.42 Å². The highest BCUT2D eigenvalue weighted by Gasteiger charge is 2.24. The van der Waals surface area contributed by atoms with Gasteiger partial charge in [-0.2, -0.15) is 0 Å². The number of hydrogen-bond donors (Lipinski definition) is 2. The number of carboxylic acid groups (broad SMARTS) is 1. The molecule has 0 saturated heterocycles. The first-order valence-corrected chi connectivity index (χ1v) is 6.37. The van der Waals surface area contributed by atoms with Gasteiger partial charge in [-0.3, -0.25) is 4.79 Å². The van der Waals surface area contributed by atoms with Crippen molar-refractivity contribution in [1.29, 1.82) is 0 Å². The molecule has 2 amide bonds. The fourth-order valence-corrected chi connectivity index (χ4v) is 1.87. The van der Waals surface area contributed by atoms with Crippen LogP contribution in [0, 0.1) is 5.92 Å². The average Bonchev–Trinajstić information content (AvgIpc) is 3.14. The molecule has 19 heavy (non-hydrogen) atoms. The summed E-state index contributed by atoms with van der Waals surface area (Å²) in [6.45, 7) is 0.795. The highest BCUT2D eigenvalue weighted by atomic mass is 16.4. The average molecular weight is 262 g/mol. The van der Waals surface area contributed by atoms with Crippen molar-refractivity contribution < 1.29 is 14.7 Å². The highest BCUT2D eigenvalue weighted by Crippen LogP contribution is 2.29. The predicted octanol–water partition coefficient (Wildman–Crippen LogP) is 2.19. The highest BCUT2D eigenvalue weighted by molar-refractivity contribution is 5.89. The summed E-state index contributed by atoms with van der Waals surface area (Å²) in [6.07, 6.45) is 2.42. The van der Waals surface area contributed by atoms with Gasteiger partial charge >= 0.3 is 12.0 Å². The van der Waals surface area contributed by atoms with Crippen LogP contribution in [0.3, 0.4) is 0 Å². The van der Waals surface area contributed by atoms with E-state index in [0.717, 1.165) is 12.1 Å². The molecule has 1 aliphatic carbocycles. The SMILES string of the molecule is CN(CC1CC1)C(=O)Nc1ccc(CC(=O)O)cc1. The summed E-state index contributed by atoms with van der Waals surface area (Å²) in [5.41, 5.74) is 1.40. The molecule has 0 atom stereocenters. The number of urea groups is 1. The molecule has 0 radical (unpaired) electrons. The fraction of sp³-hybridized carbons (Fsp3) is 0.429. The second-order valence-corrected chi connectivity index (χ2v) is 5.02. The molecule has 1 aromatic carbocycles. The second-order valence-electron chi connectivity index (χ2n) is 5.02. The Morgan fingerprint density at radius 3 is 2.47 bits per heavy atom. The Morgan fingerprint density at radius 1 is 1.32 bits per heavy atom. The first kappa shape index (κ1) is 13.4. The Kier molecular flexibility index (Phi) is 4.04. The Hall–Kier alpha value is -2.04. The van der Waals surface area contributed by atoms with Crippen LogP contribution in [0.15, 0.2) is 24.3 Å². The zero-order chi connectivity index (χ0) is 13.8. The zero-order valence-electron chi connectivity index (χ0n) is 10.9. The molecule has 102 valence electrons. The zero-order valence-corrected chi connectivity index (χ0v) is 10.9. The van der Waals surface area contributed by atoms with Crippen molar-refractivity contribution >= 4 is 17.7 Å². The smallest absolute Gasteiger partial charge is 0.321 e. The van der Waals surface area contributed by atoms with Crippen molar-refractivity contribution in [3.8, 4) is 0 Å². The van der Waals surface area contributed by atoms with Crippen LogP contribution in [0.1, 0.15) is 18.4 Å². The number of carboxylic acids is 1. The molecule has 1 saturated carbocycles. The van der Waals surface area contributed by atoms with Crippen molar-refractivity contribution in [3.05, 3.63) is 29.8 Å². The van der Waals surface area contributed by atoms with E-state index in [1.165, 1.54) is 12.8 Å². The number of anilines is 1. The molecule has 2 rings (SSSR count). The maximum atomic E-state index is 11.9. The lowest BCUT2D eigenvalue weighted by molar-refractivity contribution is -0.136. The Labute approximate surface area is 112 Å². The van der Waals surface area contributed by atoms with Crippen LogP contribution in [0.25, 0.3) is 0 Å². The van der Waals surface area contributed by atoms with Gasteiger partial charge in [-0.15, -0.1) is 0 Å². The van der Waals surface area contributed by atoms with Gasteiger partial charge in [-0.25, -0.2) is 4.79 Å². The summed E-state index contributed by atoms with van der Waals surface area (Å²) in [5.74, 6) is -0.199. The topological polar surface area (TPSA) is 69.6 Å². The molecule has 1 aromatic rings. The van der Waals surface area contributed by atoms with Crippen LogP contribution in [-0.4, -0.2) is 35.6 Å². The molecule has 0 heterocycles. The fourth-order valence-electron chi connectivity index (χ4n) is 1.87. The monoisotopic (exact) mass is 262 g/mol. The molecule has 1 aliphatic rings. The van der Waals surface area contributed by atoms with E-state index in [-0.39, 0.29) is 12.5 Å². The summed E-state index contributed by atoms with van der Waals surface area (Å²) in [4.78, 5) is 24.1. The van der Waals surface area contributed by atoms with E-state index in [0.29, 0.717) is 11.6 Å². The number of rotatable bonds is 5. The minimum atomic E-state index is -0.860. The van der Waals surface area contributed by atoms with Gasteiger partial charge in [-0.05, 0) is 36.5 Å². The Morgan fingerprint density at radius 2 is 1.95 bits per heavy atom. The third-order valence-electron chi connectivity index (χ3n) is 3.14. The largest absolute Gasteiger partial charge is 0.481 e. The number of aliphatic carboxylic acids is 1. The third kappa shape index (κ3) is 4.28. The van der Waals surface area contributed by atoms with Gasteiger partial charge < -0.3 is 15.3 Å². The van der Waals surface area contributed by atoms with Crippen LogP contribution < -0.4 is 5.32 Å². The molecule has 0 aromatic heterocycles. The normalized spacial score (nSPS) is 13.9. The number of carbonyl (C=O) groups excluding carboxylic acids is 1. The van der Waals surface area contributed by atoms with E-state index in [2.05, 4.69) is 5.32 Å². The van der Waals surface area contributed by atoms with Crippen molar-refractivity contribution in [2.24, 2.45) is 5.92 Å². The number of carbonyl (C=O) groups is 2. The van der Waals surface area contributed by atoms with E-state index >= 15 is 0 Å². The summed E-state index contributed by atoms with van der Waals surface area (Å²) < 4.78 is 0. The Balaban J connectivity index is 1.87. The van der Waals surface area contributed by atoms with Crippen molar-refractivity contribution in [3.63, 3.8) is 0 Å². The lowest BCUT2D eigenvalue weighted by atomic mass is 10.1. The predicted molar refractivity (Wildman–Crippen MR) is 72.2 cm³/mol. The number of benzene rings is 1. The van der Waals surface area contributed by atoms with E-state index in [1.54, 1.807) is 36.2 Å². The summed E-state index contributed by atoms with van der Waals surface area (Å²) in [7, 11) is 1.78. The summed E-state index contributed by atoms with van der Waals surface area (Å²) in [6, 6.07) is 6.75. The molecule has 5 heteroatoms. The molecule has 1 fully saturated rings. The molecule has 0 spiro atoms. The quantitative estimate of drug-likeness (QED) is 0.854. The van der Waals surface area contributed by atoms with Gasteiger partial charge in [0.1, 0.15) is 0 Å². The van der Waals surface area contributed by atoms with Crippen LogP contribution in [0.5, 0.6) is 0 Å². The van der Waals surface area contributed by atoms with E-state index in [9.17, 15) is 9.59 Å². The van der Waals surface area contributed by atoms with Gasteiger partial charge in [0, 0.05) is 19.3 Å². The van der Waals surface area contributed by atoms with Crippen molar-refractivity contribution in [2.45, 2.75) is 19.3 Å². The van der Waals surface area contributed by atoms with Gasteiger partial charge in [0.25, 0.3) is 0 Å². The van der Waals surface area contributed by atoms with E-state index < -0.39 is 5.97 Å². The van der Waals surface area contributed by atoms with Crippen molar-refractivity contribution in [1.82, 2.24) is 4.90 Å². The van der Waals surface area contributed by atoms with Crippen LogP contribution in [0.2, 0.25) is 0 Å². The van der Waals surface area contributed by atoms with Crippen LogP contribution in [-0.2, 0) is 11.2 Å². The number of nitrogens with one attached hydrogen (secondary N) is 1. The third-order valence-corrected chi connectivity index (χ3v) is 3.14. The van der Waals surface area contributed by atoms with Crippen LogP contribution in [0.4, 0.5) is 10.5 Å². The van der Waals surface area contributed by atoms with Crippen molar-refractivity contribution in [2.75, 3.05) is 18.9 Å². The molecule has 2 N–H and O–H groups in total. The molecular weight excluding hydrogens is 244 g/mol. The van der Waals surface area contributed by atoms with Gasteiger partial charge in [0.15, 0.2) is 0 Å². The Bertz CT molecular complexity index is 466. The van der Waals surface area contributed by atoms with Gasteiger partial charge in [0.2, 0.25) is 0 Å². The van der Waals surface area contributed by atoms with Crippen LogP contribution >= 0.6 is 0 Å². The number of hydrogen-bond acceptors (Lipinski definition) is 2. The standard InChI is InChI=1S/C14H18N2O3/c1-16(9-11-2-3-11)14(19)15-12-6-4-10(5-7-12)8-13(17)18/h4-7,11H,2-3,8-9H2,1H3,(H,15,19)(H,17,18). The molecule has 0 bridgehead atoms. The molecule has 0 aliphatic heterocycles. The molecule has 5 nitrogen and oxygen atoms in total. The second kappa shape index (κ2) is 5.73. The summed E-state index contributed by atoms with van der Waals surface area (Å²) >= 11 is 0. The molecule has 0 unspecified atom stereocenters. The lowest BCUT2D eigenvalue weighted by Gasteiger charge is -2.17. The van der Waals surface area contributed by atoms with E-state index in [4.69, 9.17) is 5.11 Å². The maximum Gasteiger partial charge on any atom is 0.321 e. The lowest BCUT2D eigenvalue weighted by Crippen LogP contribution is -2.32. The molecular formula is C14H18N2O3. The van der Waals surface area contributed by atoms with Gasteiger partial charge in [-0.1, -0.05) is 12.1 Å². The maximum absolute atomic E-state index is 11.9. The summed E-state index contributed by atoms with van der Waals surface area (Å²) in [5, 5.41) is 11.5. The first-order valence-electron chi connectivity index (χ1n) is 6.37. The number of amides is 2. The minimum absolute atomic E-state index is 0.00416. The van der Waals surface area contributed by atoms with E-state index in [1.807, 2.05) is 0 Å². The number of nitrogens with zero attached hydrogens (tertiary/aromatic N) is 1.